The van der Waals surface area contributed by atoms with Crippen molar-refractivity contribution in [3.05, 3.63) is 28.2 Å². The highest BCUT2D eigenvalue weighted by Crippen LogP contribution is 2.25. The van der Waals surface area contributed by atoms with Gasteiger partial charge in [-0.3, -0.25) is 4.79 Å². The lowest BCUT2D eigenvalue weighted by molar-refractivity contribution is -0.138. The van der Waals surface area contributed by atoms with Gasteiger partial charge >= 0.3 is 0 Å². The van der Waals surface area contributed by atoms with Gasteiger partial charge in [-0.1, -0.05) is 15.9 Å². The highest BCUT2D eigenvalue weighted by atomic mass is 79.9. The molecule has 1 heterocycles. The Morgan fingerprint density at radius 3 is 2.42 bits per heavy atom. The number of halogens is 1. The van der Waals surface area contributed by atoms with Gasteiger partial charge in [0.1, 0.15) is 18.0 Å². The fourth-order valence-corrected chi connectivity index (χ4v) is 3.15. The molecule has 0 atom stereocenters. The molecule has 1 aromatic carbocycles. The molecule has 1 fully saturated rings. The van der Waals surface area contributed by atoms with E-state index in [9.17, 15) is 4.79 Å². The molecule has 1 aliphatic rings. The SMILES string of the molecule is CC(C)(C)OC=O.COCCOc1cc(Br)cc(CC2CCNCC2)c1. The third kappa shape index (κ3) is 10.8. The van der Waals surface area contributed by atoms with Crippen LogP contribution in [0, 0.1) is 5.92 Å². The third-order valence-corrected chi connectivity index (χ3v) is 4.33. The van der Waals surface area contributed by atoms with Crippen LogP contribution in [0.25, 0.3) is 0 Å². The number of benzene rings is 1. The number of piperidine rings is 1. The summed E-state index contributed by atoms with van der Waals surface area (Å²) in [6, 6.07) is 6.37. The maximum atomic E-state index is 9.60. The van der Waals surface area contributed by atoms with E-state index >= 15 is 0 Å². The molecule has 1 N–H and O–H groups in total. The number of carbonyl (C=O) groups is 1. The minimum atomic E-state index is -0.318. The van der Waals surface area contributed by atoms with Gasteiger partial charge in [0.2, 0.25) is 0 Å². The van der Waals surface area contributed by atoms with Gasteiger partial charge in [-0.15, -0.1) is 0 Å². The summed E-state index contributed by atoms with van der Waals surface area (Å²) in [6.45, 7) is 9.44. The molecular weight excluding hydrogens is 398 g/mol. The number of rotatable bonds is 7. The predicted molar refractivity (Wildman–Crippen MR) is 108 cm³/mol. The van der Waals surface area contributed by atoms with Gasteiger partial charge < -0.3 is 19.5 Å². The van der Waals surface area contributed by atoms with Crippen molar-refractivity contribution in [2.24, 2.45) is 5.92 Å². The van der Waals surface area contributed by atoms with E-state index in [1.54, 1.807) is 7.11 Å². The van der Waals surface area contributed by atoms with Crippen molar-refractivity contribution >= 4 is 22.4 Å². The molecule has 5 nitrogen and oxygen atoms in total. The molecule has 0 aromatic heterocycles. The highest BCUT2D eigenvalue weighted by Gasteiger charge is 2.14. The molecule has 2 rings (SSSR count). The van der Waals surface area contributed by atoms with Crippen LogP contribution in [0.5, 0.6) is 5.75 Å². The number of methoxy groups -OCH3 is 1. The average Bonchev–Trinajstić information content (AvgIpc) is 2.55. The fraction of sp³-hybridized carbons (Fsp3) is 0.650. The Kier molecular flexibility index (Phi) is 10.9. The van der Waals surface area contributed by atoms with Crippen molar-refractivity contribution in [2.75, 3.05) is 33.4 Å². The van der Waals surface area contributed by atoms with Gasteiger partial charge in [0, 0.05) is 11.6 Å². The molecule has 0 spiro atoms. The zero-order chi connectivity index (χ0) is 19.4. The molecule has 6 heteroatoms. The molecule has 0 amide bonds. The third-order valence-electron chi connectivity index (χ3n) is 3.87. The second-order valence-corrected chi connectivity index (χ2v) is 8.28. The van der Waals surface area contributed by atoms with Crippen LogP contribution in [0.2, 0.25) is 0 Å². The van der Waals surface area contributed by atoms with Crippen molar-refractivity contribution in [3.8, 4) is 5.75 Å². The second-order valence-electron chi connectivity index (χ2n) is 7.36. The predicted octanol–water partition coefficient (Wildman–Crippen LogP) is 3.97. The first kappa shape index (κ1) is 22.9. The molecule has 148 valence electrons. The first-order valence-electron chi connectivity index (χ1n) is 9.07. The first-order valence-corrected chi connectivity index (χ1v) is 9.86. The molecule has 26 heavy (non-hydrogen) atoms. The Balaban J connectivity index is 0.000000412. The zero-order valence-electron chi connectivity index (χ0n) is 16.3. The topological polar surface area (TPSA) is 56.8 Å². The van der Waals surface area contributed by atoms with Crippen LogP contribution in [-0.2, 0) is 20.7 Å². The van der Waals surface area contributed by atoms with Crippen molar-refractivity contribution < 1.29 is 19.0 Å². The van der Waals surface area contributed by atoms with E-state index in [2.05, 4.69) is 38.1 Å². The molecule has 0 unspecified atom stereocenters. The Morgan fingerprint density at radius 1 is 1.19 bits per heavy atom. The summed E-state index contributed by atoms with van der Waals surface area (Å²) in [4.78, 5) is 9.60. The molecular formula is C20H32BrNO4. The average molecular weight is 430 g/mol. The van der Waals surface area contributed by atoms with E-state index in [-0.39, 0.29) is 5.60 Å². The van der Waals surface area contributed by atoms with Crippen LogP contribution in [0.3, 0.4) is 0 Å². The van der Waals surface area contributed by atoms with Crippen LogP contribution >= 0.6 is 15.9 Å². The van der Waals surface area contributed by atoms with Crippen LogP contribution in [-0.4, -0.2) is 45.5 Å². The van der Waals surface area contributed by atoms with E-state index < -0.39 is 0 Å². The molecule has 0 bridgehead atoms. The van der Waals surface area contributed by atoms with Gasteiger partial charge in [0.15, 0.2) is 0 Å². The van der Waals surface area contributed by atoms with Crippen molar-refractivity contribution in [1.29, 1.82) is 0 Å². The lowest BCUT2D eigenvalue weighted by Crippen LogP contribution is -2.28. The Morgan fingerprint density at radius 2 is 1.88 bits per heavy atom. The fourth-order valence-electron chi connectivity index (χ4n) is 2.63. The molecule has 1 aromatic rings. The lowest BCUT2D eigenvalue weighted by atomic mass is 9.91. The summed E-state index contributed by atoms with van der Waals surface area (Å²) >= 11 is 3.56. The largest absolute Gasteiger partial charge is 0.491 e. The monoisotopic (exact) mass is 429 g/mol. The standard InChI is InChI=1S/C15H22BrNO2.C5H10O2/c1-18-6-7-19-15-10-13(9-14(16)11-15)8-12-2-4-17-5-3-12;1-5(2,3)7-4-6/h9-12,17H,2-8H2,1H3;4H,1-3H3. The van der Waals surface area contributed by atoms with E-state index in [4.69, 9.17) is 9.47 Å². The maximum Gasteiger partial charge on any atom is 0.293 e. The summed E-state index contributed by atoms with van der Waals surface area (Å²) < 4.78 is 16.3. The van der Waals surface area contributed by atoms with Gasteiger partial charge in [0.25, 0.3) is 6.47 Å². The van der Waals surface area contributed by atoms with Crippen LogP contribution in [0.4, 0.5) is 0 Å². The van der Waals surface area contributed by atoms with E-state index in [0.717, 1.165) is 35.7 Å². The van der Waals surface area contributed by atoms with Crippen LogP contribution < -0.4 is 10.1 Å². The summed E-state index contributed by atoms with van der Waals surface area (Å²) in [7, 11) is 1.69. The van der Waals surface area contributed by atoms with Crippen molar-refractivity contribution in [3.63, 3.8) is 0 Å². The van der Waals surface area contributed by atoms with Gasteiger partial charge in [-0.2, -0.15) is 0 Å². The molecule has 0 aliphatic carbocycles. The number of carbonyl (C=O) groups excluding carboxylic acids is 1. The van der Waals surface area contributed by atoms with Gasteiger partial charge in [-0.25, -0.2) is 0 Å². The summed E-state index contributed by atoms with van der Waals surface area (Å²) in [6.07, 6.45) is 3.68. The smallest absolute Gasteiger partial charge is 0.293 e. The first-order chi connectivity index (χ1) is 12.3. The number of hydrogen-bond acceptors (Lipinski definition) is 5. The van der Waals surface area contributed by atoms with Gasteiger partial charge in [0.05, 0.1) is 6.61 Å². The lowest BCUT2D eigenvalue weighted by Gasteiger charge is -2.22. The Labute approximate surface area is 165 Å². The van der Waals surface area contributed by atoms with E-state index in [0.29, 0.717) is 19.7 Å². The normalized spacial score (nSPS) is 15.0. The highest BCUT2D eigenvalue weighted by molar-refractivity contribution is 9.10. The maximum absolute atomic E-state index is 9.60. The Bertz CT molecular complexity index is 525. The second kappa shape index (κ2) is 12.3. The van der Waals surface area contributed by atoms with Crippen molar-refractivity contribution in [1.82, 2.24) is 5.32 Å². The quantitative estimate of drug-likeness (QED) is 0.524. The summed E-state index contributed by atoms with van der Waals surface area (Å²) in [5.41, 5.74) is 1.04. The van der Waals surface area contributed by atoms with Gasteiger partial charge in [-0.05, 0) is 82.8 Å². The number of ether oxygens (including phenoxy) is 3. The minimum absolute atomic E-state index is 0.318. The van der Waals surface area contributed by atoms with Crippen LogP contribution in [0.15, 0.2) is 22.7 Å². The summed E-state index contributed by atoms with van der Waals surface area (Å²) in [5.74, 6) is 1.72. The zero-order valence-corrected chi connectivity index (χ0v) is 17.9. The molecule has 0 saturated carbocycles. The number of nitrogens with one attached hydrogen (secondary N) is 1. The summed E-state index contributed by atoms with van der Waals surface area (Å²) in [5, 5.41) is 3.41. The van der Waals surface area contributed by atoms with E-state index in [1.165, 1.54) is 18.4 Å². The molecule has 1 saturated heterocycles. The number of hydrogen-bond donors (Lipinski definition) is 1. The van der Waals surface area contributed by atoms with E-state index in [1.807, 2.05) is 26.8 Å². The Hall–Kier alpha value is -1.11. The molecule has 1 aliphatic heterocycles. The van der Waals surface area contributed by atoms with Crippen LogP contribution in [0.1, 0.15) is 39.2 Å². The molecule has 0 radical (unpaired) electrons. The minimum Gasteiger partial charge on any atom is -0.491 e. The van der Waals surface area contributed by atoms with Crippen molar-refractivity contribution in [2.45, 2.75) is 45.6 Å².